The molecule has 2 nitrogen and oxygen atoms in total. The van der Waals surface area contributed by atoms with Crippen LogP contribution in [0.2, 0.25) is 0 Å². The van der Waals surface area contributed by atoms with Crippen molar-refractivity contribution in [2.75, 3.05) is 6.54 Å². The molecule has 1 heterocycles. The van der Waals surface area contributed by atoms with Crippen LogP contribution in [0.5, 0.6) is 0 Å². The minimum Gasteiger partial charge on any atom is -0.314 e. The van der Waals surface area contributed by atoms with E-state index in [9.17, 15) is 13.2 Å². The molecule has 0 saturated carbocycles. The van der Waals surface area contributed by atoms with Crippen molar-refractivity contribution in [3.8, 4) is 0 Å². The lowest BCUT2D eigenvalue weighted by atomic mass is 10.1. The highest BCUT2D eigenvalue weighted by Gasteiger charge is 2.32. The van der Waals surface area contributed by atoms with Crippen molar-refractivity contribution in [3.05, 3.63) is 29.6 Å². The summed E-state index contributed by atoms with van der Waals surface area (Å²) in [7, 11) is 0. The fourth-order valence-corrected chi connectivity index (χ4v) is 1.65. The van der Waals surface area contributed by atoms with Gasteiger partial charge < -0.3 is 5.32 Å². The molecule has 1 aromatic heterocycles. The Morgan fingerprint density at radius 2 is 2.00 bits per heavy atom. The van der Waals surface area contributed by atoms with Crippen molar-refractivity contribution in [2.24, 2.45) is 0 Å². The van der Waals surface area contributed by atoms with Gasteiger partial charge in [-0.1, -0.05) is 19.9 Å². The Morgan fingerprint density at radius 1 is 1.29 bits per heavy atom. The molecule has 5 heteroatoms. The predicted molar refractivity (Wildman–Crippen MR) is 60.7 cm³/mol. The lowest BCUT2D eigenvalue weighted by molar-refractivity contribution is -0.141. The van der Waals surface area contributed by atoms with Gasteiger partial charge in [0.05, 0.1) is 0 Å². The van der Waals surface area contributed by atoms with Gasteiger partial charge >= 0.3 is 6.18 Å². The first-order valence-electron chi connectivity index (χ1n) is 5.73. The molecule has 1 unspecified atom stereocenters. The third kappa shape index (κ3) is 4.34. The quantitative estimate of drug-likeness (QED) is 0.863. The molecule has 0 bridgehead atoms. The number of nitrogens with zero attached hydrogens (tertiary/aromatic N) is 1. The first-order chi connectivity index (χ1) is 7.97. The van der Waals surface area contributed by atoms with Crippen molar-refractivity contribution in [1.82, 2.24) is 10.3 Å². The van der Waals surface area contributed by atoms with E-state index < -0.39 is 11.9 Å². The van der Waals surface area contributed by atoms with E-state index >= 15 is 0 Å². The van der Waals surface area contributed by atoms with E-state index in [4.69, 9.17) is 0 Å². The first kappa shape index (κ1) is 14.0. The van der Waals surface area contributed by atoms with Crippen molar-refractivity contribution in [1.29, 1.82) is 0 Å². The standard InChI is InChI=1S/C12H17F3N2/c1-3-9(16-4-2)8-10-6-5-7-11(17-10)12(13,14)15/h5-7,9,16H,3-4,8H2,1-2H3. The molecule has 0 saturated heterocycles. The Balaban J connectivity index is 2.78. The van der Waals surface area contributed by atoms with Gasteiger partial charge in [0.25, 0.3) is 0 Å². The van der Waals surface area contributed by atoms with E-state index in [1.165, 1.54) is 6.07 Å². The molecule has 0 aliphatic carbocycles. The van der Waals surface area contributed by atoms with Crippen molar-refractivity contribution in [2.45, 2.75) is 38.9 Å². The van der Waals surface area contributed by atoms with Crippen LogP contribution in [0.25, 0.3) is 0 Å². The summed E-state index contributed by atoms with van der Waals surface area (Å²) >= 11 is 0. The molecule has 0 fully saturated rings. The van der Waals surface area contributed by atoms with Crippen LogP contribution in [0.4, 0.5) is 13.2 Å². The van der Waals surface area contributed by atoms with Crippen LogP contribution in [0.1, 0.15) is 31.7 Å². The number of rotatable bonds is 5. The van der Waals surface area contributed by atoms with Gasteiger partial charge in [-0.3, -0.25) is 0 Å². The van der Waals surface area contributed by atoms with Crippen LogP contribution in [0, 0.1) is 0 Å². The Hall–Kier alpha value is -1.10. The van der Waals surface area contributed by atoms with E-state index in [0.717, 1.165) is 19.0 Å². The zero-order chi connectivity index (χ0) is 12.9. The lowest BCUT2D eigenvalue weighted by Crippen LogP contribution is -2.30. The number of pyridine rings is 1. The maximum Gasteiger partial charge on any atom is 0.433 e. The maximum atomic E-state index is 12.5. The summed E-state index contributed by atoms with van der Waals surface area (Å²) in [6, 6.07) is 4.22. The second kappa shape index (κ2) is 6.00. The van der Waals surface area contributed by atoms with Gasteiger partial charge in [0.15, 0.2) is 0 Å². The molecule has 0 aliphatic heterocycles. The van der Waals surface area contributed by atoms with Crippen LogP contribution >= 0.6 is 0 Å². The van der Waals surface area contributed by atoms with Crippen molar-refractivity contribution >= 4 is 0 Å². The summed E-state index contributed by atoms with van der Waals surface area (Å²) < 4.78 is 37.4. The zero-order valence-electron chi connectivity index (χ0n) is 10.0. The molecule has 96 valence electrons. The highest BCUT2D eigenvalue weighted by atomic mass is 19.4. The van der Waals surface area contributed by atoms with Gasteiger partial charge in [-0.2, -0.15) is 13.2 Å². The van der Waals surface area contributed by atoms with Gasteiger partial charge in [-0.15, -0.1) is 0 Å². The van der Waals surface area contributed by atoms with Crippen LogP contribution < -0.4 is 5.32 Å². The largest absolute Gasteiger partial charge is 0.433 e. The topological polar surface area (TPSA) is 24.9 Å². The average Bonchev–Trinajstić information content (AvgIpc) is 2.28. The van der Waals surface area contributed by atoms with Crippen LogP contribution in [0.15, 0.2) is 18.2 Å². The molecule has 0 spiro atoms. The summed E-state index contributed by atoms with van der Waals surface area (Å²) in [5, 5.41) is 3.22. The first-order valence-corrected chi connectivity index (χ1v) is 5.73. The van der Waals surface area contributed by atoms with Gasteiger partial charge in [0.1, 0.15) is 5.69 Å². The lowest BCUT2D eigenvalue weighted by Gasteiger charge is -2.15. The molecule has 17 heavy (non-hydrogen) atoms. The van der Waals surface area contributed by atoms with E-state index in [0.29, 0.717) is 12.1 Å². The molecule has 0 radical (unpaired) electrons. The summed E-state index contributed by atoms with van der Waals surface area (Å²) in [6.07, 6.45) is -2.98. The third-order valence-corrected chi connectivity index (χ3v) is 2.54. The Labute approximate surface area is 99.3 Å². The summed E-state index contributed by atoms with van der Waals surface area (Å²) in [5.41, 5.74) is -0.339. The maximum absolute atomic E-state index is 12.5. The predicted octanol–water partition coefficient (Wildman–Crippen LogP) is 3.03. The second-order valence-corrected chi connectivity index (χ2v) is 3.88. The van der Waals surface area contributed by atoms with Gasteiger partial charge in [0.2, 0.25) is 0 Å². The van der Waals surface area contributed by atoms with Crippen LogP contribution in [-0.4, -0.2) is 17.6 Å². The molecule has 1 atom stereocenters. The number of hydrogen-bond acceptors (Lipinski definition) is 2. The fourth-order valence-electron chi connectivity index (χ4n) is 1.65. The van der Waals surface area contributed by atoms with Crippen LogP contribution in [0.3, 0.4) is 0 Å². The zero-order valence-corrected chi connectivity index (χ0v) is 10.0. The monoisotopic (exact) mass is 246 g/mol. The smallest absolute Gasteiger partial charge is 0.314 e. The highest BCUT2D eigenvalue weighted by molar-refractivity contribution is 5.14. The third-order valence-electron chi connectivity index (χ3n) is 2.54. The summed E-state index contributed by atoms with van der Waals surface area (Å²) in [5.74, 6) is 0. The normalized spacial score (nSPS) is 13.7. The molecule has 1 aromatic rings. The highest BCUT2D eigenvalue weighted by Crippen LogP contribution is 2.27. The molecular formula is C12H17F3N2. The van der Waals surface area contributed by atoms with E-state index in [2.05, 4.69) is 10.3 Å². The number of hydrogen-bond donors (Lipinski definition) is 1. The Morgan fingerprint density at radius 3 is 2.53 bits per heavy atom. The fraction of sp³-hybridized carbons (Fsp3) is 0.583. The number of aromatic nitrogens is 1. The number of halogens is 3. The van der Waals surface area contributed by atoms with Crippen LogP contribution in [-0.2, 0) is 12.6 Å². The Kier molecular flexibility index (Phi) is 4.93. The van der Waals surface area contributed by atoms with Gasteiger partial charge in [0, 0.05) is 18.2 Å². The van der Waals surface area contributed by atoms with Crippen molar-refractivity contribution in [3.63, 3.8) is 0 Å². The Bertz CT molecular complexity index is 350. The van der Waals surface area contributed by atoms with Crippen molar-refractivity contribution < 1.29 is 13.2 Å². The van der Waals surface area contributed by atoms with Gasteiger partial charge in [-0.05, 0) is 25.1 Å². The van der Waals surface area contributed by atoms with E-state index in [1.54, 1.807) is 6.07 Å². The van der Waals surface area contributed by atoms with Gasteiger partial charge in [-0.25, -0.2) is 4.98 Å². The molecule has 0 aliphatic rings. The minimum absolute atomic E-state index is 0.177. The molecule has 0 amide bonds. The van der Waals surface area contributed by atoms with E-state index in [1.807, 2.05) is 13.8 Å². The number of likely N-dealkylation sites (N-methyl/N-ethyl adjacent to an activating group) is 1. The number of nitrogens with one attached hydrogen (secondary N) is 1. The average molecular weight is 246 g/mol. The SMILES string of the molecule is CCNC(CC)Cc1cccc(C(F)(F)F)n1. The molecule has 1 rings (SSSR count). The second-order valence-electron chi connectivity index (χ2n) is 3.88. The summed E-state index contributed by atoms with van der Waals surface area (Å²) in [4.78, 5) is 3.65. The molecular weight excluding hydrogens is 229 g/mol. The molecule has 0 aromatic carbocycles. The number of alkyl halides is 3. The van der Waals surface area contributed by atoms with E-state index in [-0.39, 0.29) is 6.04 Å². The minimum atomic E-state index is -4.37. The summed E-state index contributed by atoms with van der Waals surface area (Å²) in [6.45, 7) is 4.78. The molecule has 1 N–H and O–H groups in total.